The molecule has 0 radical (unpaired) electrons. The number of imidazole rings is 1. The van der Waals surface area contributed by atoms with Crippen molar-refractivity contribution in [3.8, 4) is 11.3 Å². The van der Waals surface area contributed by atoms with Gasteiger partial charge in [0.15, 0.2) is 5.65 Å². The summed E-state index contributed by atoms with van der Waals surface area (Å²) in [5, 5.41) is 6.35. The SMILES string of the molecule is CCN1CCN(c2ccc(-c3cnc4ccc(C=C5SC(=O)NC5=O)nn34)cc2F)CC1. The molecule has 0 unspecified atom stereocenters. The maximum atomic E-state index is 15.0. The van der Waals surface area contributed by atoms with Crippen LogP contribution in [0, 0.1) is 5.82 Å². The summed E-state index contributed by atoms with van der Waals surface area (Å²) < 4.78 is 16.7. The van der Waals surface area contributed by atoms with Crippen LogP contribution in [0.3, 0.4) is 0 Å². The third kappa shape index (κ3) is 3.87. The van der Waals surface area contributed by atoms with Crippen molar-refractivity contribution < 1.29 is 14.0 Å². The second-order valence-electron chi connectivity index (χ2n) is 7.61. The van der Waals surface area contributed by atoms with Gasteiger partial charge in [-0.25, -0.2) is 13.9 Å². The van der Waals surface area contributed by atoms with Crippen molar-refractivity contribution in [2.45, 2.75) is 6.92 Å². The monoisotopic (exact) mass is 452 g/mol. The highest BCUT2D eigenvalue weighted by Crippen LogP contribution is 2.29. The lowest BCUT2D eigenvalue weighted by Crippen LogP contribution is -2.46. The fraction of sp³-hybridized carbons (Fsp3) is 0.273. The van der Waals surface area contributed by atoms with Gasteiger partial charge in [-0.3, -0.25) is 14.9 Å². The summed E-state index contributed by atoms with van der Waals surface area (Å²) in [5.74, 6) is -0.719. The van der Waals surface area contributed by atoms with Crippen molar-refractivity contribution in [3.63, 3.8) is 0 Å². The van der Waals surface area contributed by atoms with Crippen LogP contribution in [0.25, 0.3) is 23.0 Å². The molecule has 0 atom stereocenters. The molecule has 2 fully saturated rings. The molecular formula is C22H21FN6O2S. The second kappa shape index (κ2) is 8.36. The van der Waals surface area contributed by atoms with E-state index in [1.807, 2.05) is 12.1 Å². The fourth-order valence-electron chi connectivity index (χ4n) is 3.94. The van der Waals surface area contributed by atoms with E-state index >= 15 is 4.39 Å². The van der Waals surface area contributed by atoms with Gasteiger partial charge < -0.3 is 9.80 Å². The predicted octanol–water partition coefficient (Wildman–Crippen LogP) is 3.00. The molecule has 0 spiro atoms. The third-order valence-corrected chi connectivity index (χ3v) is 6.52. The highest BCUT2D eigenvalue weighted by Gasteiger charge is 2.25. The zero-order valence-corrected chi connectivity index (χ0v) is 18.2. The molecule has 3 aromatic rings. The first kappa shape index (κ1) is 20.7. The van der Waals surface area contributed by atoms with E-state index in [2.05, 4.69) is 32.1 Å². The molecule has 8 nitrogen and oxygen atoms in total. The van der Waals surface area contributed by atoms with Gasteiger partial charge in [0.1, 0.15) is 5.82 Å². The molecule has 164 valence electrons. The van der Waals surface area contributed by atoms with E-state index in [0.717, 1.165) is 44.5 Å². The molecule has 2 amide bonds. The Labute approximate surface area is 188 Å². The third-order valence-electron chi connectivity index (χ3n) is 5.71. The lowest BCUT2D eigenvalue weighted by Gasteiger charge is -2.35. The largest absolute Gasteiger partial charge is 0.367 e. The average Bonchev–Trinajstić information content (AvgIpc) is 3.35. The van der Waals surface area contributed by atoms with Crippen LogP contribution < -0.4 is 10.2 Å². The van der Waals surface area contributed by atoms with Crippen molar-refractivity contribution in [1.29, 1.82) is 0 Å². The van der Waals surface area contributed by atoms with Crippen molar-refractivity contribution in [1.82, 2.24) is 24.8 Å². The van der Waals surface area contributed by atoms with Crippen LogP contribution in [-0.2, 0) is 4.79 Å². The number of carbonyl (C=O) groups is 2. The maximum absolute atomic E-state index is 15.0. The van der Waals surface area contributed by atoms with Crippen LogP contribution in [0.5, 0.6) is 0 Å². The first-order valence-corrected chi connectivity index (χ1v) is 11.2. The van der Waals surface area contributed by atoms with E-state index in [-0.39, 0.29) is 10.7 Å². The molecule has 1 N–H and O–H groups in total. The van der Waals surface area contributed by atoms with Gasteiger partial charge >= 0.3 is 0 Å². The average molecular weight is 453 g/mol. The molecule has 0 bridgehead atoms. The molecule has 4 heterocycles. The van der Waals surface area contributed by atoms with Gasteiger partial charge in [0.05, 0.1) is 28.2 Å². The molecular weight excluding hydrogens is 431 g/mol. The lowest BCUT2D eigenvalue weighted by molar-refractivity contribution is -0.115. The number of aromatic nitrogens is 3. The first-order chi connectivity index (χ1) is 15.5. The highest BCUT2D eigenvalue weighted by molar-refractivity contribution is 8.18. The molecule has 32 heavy (non-hydrogen) atoms. The number of anilines is 1. The standard InChI is InChI=1S/C22H21FN6O2S/c1-2-27-7-9-28(10-8-27)17-5-3-14(11-16(17)23)18-13-24-20-6-4-15(26-29(18)20)12-19-21(30)25-22(31)32-19/h3-6,11-13H,2,7-10H2,1H3,(H,25,30,31). The predicted molar refractivity (Wildman–Crippen MR) is 122 cm³/mol. The van der Waals surface area contributed by atoms with E-state index in [9.17, 15) is 9.59 Å². The molecule has 2 saturated heterocycles. The molecule has 5 rings (SSSR count). The number of halogens is 1. The number of amides is 2. The number of hydrogen-bond acceptors (Lipinski definition) is 7. The minimum atomic E-state index is -0.440. The van der Waals surface area contributed by atoms with Crippen LogP contribution >= 0.6 is 11.8 Å². The lowest BCUT2D eigenvalue weighted by atomic mass is 10.1. The Kier molecular flexibility index (Phi) is 5.40. The number of fused-ring (bicyclic) bond motifs is 1. The Balaban J connectivity index is 1.44. The number of rotatable bonds is 4. The fourth-order valence-corrected chi connectivity index (χ4v) is 4.61. The molecule has 0 aliphatic carbocycles. The number of likely N-dealkylation sites (N-methyl/N-ethyl adjacent to an activating group) is 1. The summed E-state index contributed by atoms with van der Waals surface area (Å²) in [4.78, 5) is 32.3. The van der Waals surface area contributed by atoms with E-state index in [1.54, 1.807) is 28.9 Å². The second-order valence-corrected chi connectivity index (χ2v) is 8.63. The molecule has 2 aromatic heterocycles. The normalized spacial score (nSPS) is 18.7. The van der Waals surface area contributed by atoms with Gasteiger partial charge in [0.25, 0.3) is 11.1 Å². The zero-order valence-electron chi connectivity index (χ0n) is 17.4. The Morgan fingerprint density at radius 1 is 1.16 bits per heavy atom. The smallest absolute Gasteiger partial charge is 0.290 e. The molecule has 2 aliphatic heterocycles. The molecule has 2 aliphatic rings. The number of imide groups is 1. The van der Waals surface area contributed by atoms with Gasteiger partial charge in [-0.15, -0.1) is 0 Å². The summed E-state index contributed by atoms with van der Waals surface area (Å²) >= 11 is 0.834. The number of nitrogens with one attached hydrogen (secondary N) is 1. The number of carbonyl (C=O) groups excluding carboxylic acids is 2. The Morgan fingerprint density at radius 3 is 2.66 bits per heavy atom. The Bertz CT molecular complexity index is 1250. The zero-order chi connectivity index (χ0) is 22.2. The number of hydrogen-bond donors (Lipinski definition) is 1. The first-order valence-electron chi connectivity index (χ1n) is 10.4. The Hall–Kier alpha value is -3.24. The van der Waals surface area contributed by atoms with Crippen LogP contribution in [0.2, 0.25) is 0 Å². The van der Waals surface area contributed by atoms with Gasteiger partial charge in [-0.1, -0.05) is 13.0 Å². The van der Waals surface area contributed by atoms with Gasteiger partial charge in [-0.2, -0.15) is 5.10 Å². The van der Waals surface area contributed by atoms with Crippen LogP contribution in [0.4, 0.5) is 14.9 Å². The van der Waals surface area contributed by atoms with Gasteiger partial charge in [0.2, 0.25) is 0 Å². The minimum absolute atomic E-state index is 0.279. The summed E-state index contributed by atoms with van der Waals surface area (Å²) in [6.07, 6.45) is 3.20. The summed E-state index contributed by atoms with van der Waals surface area (Å²) in [7, 11) is 0. The van der Waals surface area contributed by atoms with Crippen LogP contribution in [0.15, 0.2) is 41.4 Å². The number of piperazine rings is 1. The van der Waals surface area contributed by atoms with Crippen molar-refractivity contribution >= 4 is 40.3 Å². The maximum Gasteiger partial charge on any atom is 0.290 e. The van der Waals surface area contributed by atoms with E-state index in [4.69, 9.17) is 0 Å². The molecule has 10 heteroatoms. The topological polar surface area (TPSA) is 82.8 Å². The number of nitrogens with zero attached hydrogens (tertiary/aromatic N) is 5. The van der Waals surface area contributed by atoms with E-state index < -0.39 is 11.1 Å². The van der Waals surface area contributed by atoms with Crippen molar-refractivity contribution in [3.05, 3.63) is 52.9 Å². The van der Waals surface area contributed by atoms with E-state index in [1.165, 1.54) is 6.07 Å². The van der Waals surface area contributed by atoms with Crippen LogP contribution in [0.1, 0.15) is 12.6 Å². The quantitative estimate of drug-likeness (QED) is 0.610. The summed E-state index contributed by atoms with van der Waals surface area (Å²) in [5.41, 5.74) is 3.00. The molecule has 1 aromatic carbocycles. The van der Waals surface area contributed by atoms with Crippen molar-refractivity contribution in [2.24, 2.45) is 0 Å². The molecule has 0 saturated carbocycles. The number of thioether (sulfide) groups is 1. The highest BCUT2D eigenvalue weighted by atomic mass is 32.2. The summed E-state index contributed by atoms with van der Waals surface area (Å²) in [6.45, 7) is 6.59. The van der Waals surface area contributed by atoms with E-state index in [0.29, 0.717) is 28.3 Å². The number of benzene rings is 1. The summed E-state index contributed by atoms with van der Waals surface area (Å²) in [6, 6.07) is 8.68. The van der Waals surface area contributed by atoms with Gasteiger partial charge in [0, 0.05) is 31.7 Å². The van der Waals surface area contributed by atoms with Crippen LogP contribution in [-0.4, -0.2) is 63.4 Å². The Morgan fingerprint density at radius 2 is 1.97 bits per heavy atom. The van der Waals surface area contributed by atoms with Crippen molar-refractivity contribution in [2.75, 3.05) is 37.6 Å². The minimum Gasteiger partial charge on any atom is -0.367 e. The van der Waals surface area contributed by atoms with Gasteiger partial charge in [-0.05, 0) is 48.6 Å².